The monoisotopic (exact) mass is 435 g/mol. The molecule has 0 radical (unpaired) electrons. The van der Waals surface area contributed by atoms with Gasteiger partial charge in [-0.25, -0.2) is 9.78 Å². The highest BCUT2D eigenvalue weighted by molar-refractivity contribution is 7.92. The number of carbonyl (C=O) groups excluding carboxylic acids is 1. The maximum Gasteiger partial charge on any atom is 0.346 e. The number of ether oxygens (including phenoxy) is 2. The molecule has 0 N–H and O–H groups in total. The number of aryl methyl sites for hydroxylation is 1. The van der Waals surface area contributed by atoms with Crippen LogP contribution in [0.25, 0.3) is 0 Å². The molecule has 0 aromatic carbocycles. The highest BCUT2D eigenvalue weighted by Crippen LogP contribution is 2.39. The van der Waals surface area contributed by atoms with Crippen LogP contribution in [0, 0.1) is 11.8 Å². The molecule has 10 nitrogen and oxygen atoms in total. The van der Waals surface area contributed by atoms with Crippen LogP contribution in [0.15, 0.2) is 23.4 Å². The van der Waals surface area contributed by atoms with Crippen molar-refractivity contribution >= 4 is 27.6 Å². The van der Waals surface area contributed by atoms with Crippen LogP contribution in [-0.4, -0.2) is 62.8 Å². The number of nitrogens with zero attached hydrogens (tertiary/aromatic N) is 5. The second kappa shape index (κ2) is 7.55. The Morgan fingerprint density at radius 3 is 2.70 bits per heavy atom. The first-order valence-electron chi connectivity index (χ1n) is 9.71. The fourth-order valence-electron chi connectivity index (χ4n) is 3.43. The average molecular weight is 436 g/mol. The standard InChI is InChI=1S/C19H25N5O5S/c1-12-7-14(12)10-24(5-6-28-4)16-9-13-8-15(20-16)23(3)30(26,27)17-11-22(2)19(21-17)29-18(13)25/h8-9,11-12,14H,5-7,10H2,1-4H3. The van der Waals surface area contributed by atoms with Crippen molar-refractivity contribution in [2.24, 2.45) is 18.9 Å². The molecular weight excluding hydrogens is 410 g/mol. The highest BCUT2D eigenvalue weighted by atomic mass is 32.2. The first-order chi connectivity index (χ1) is 14.2. The Kier molecular flexibility index (Phi) is 5.18. The van der Waals surface area contributed by atoms with Gasteiger partial charge in [0.15, 0.2) is 5.03 Å². The zero-order valence-corrected chi connectivity index (χ0v) is 18.2. The van der Waals surface area contributed by atoms with Gasteiger partial charge < -0.3 is 18.9 Å². The van der Waals surface area contributed by atoms with Crippen molar-refractivity contribution in [2.75, 3.05) is 43.1 Å². The number of rotatable bonds is 6. The fraction of sp³-hybridized carbons (Fsp3) is 0.526. The third-order valence-corrected chi connectivity index (χ3v) is 7.23. The lowest BCUT2D eigenvalue weighted by atomic mass is 10.2. The SMILES string of the molecule is COCCN(CC1CC1C)c1cc2cc(n1)N(C)S(=O)(=O)c1cn(C)c(n1)OC2=O. The van der Waals surface area contributed by atoms with Gasteiger partial charge in [0.25, 0.3) is 10.0 Å². The number of hydrogen-bond donors (Lipinski definition) is 0. The first-order valence-corrected chi connectivity index (χ1v) is 11.1. The lowest BCUT2D eigenvalue weighted by molar-refractivity contribution is 0.0713. The van der Waals surface area contributed by atoms with Crippen LogP contribution in [-0.2, 0) is 21.8 Å². The smallest absolute Gasteiger partial charge is 0.346 e. The molecule has 4 rings (SSSR count). The maximum atomic E-state index is 13.0. The van der Waals surface area contributed by atoms with Crippen molar-refractivity contribution < 1.29 is 22.7 Å². The van der Waals surface area contributed by atoms with Crippen molar-refractivity contribution in [2.45, 2.75) is 18.4 Å². The number of carbonyl (C=O) groups is 1. The number of hydrogen-bond acceptors (Lipinski definition) is 8. The number of esters is 1. The third-order valence-electron chi connectivity index (χ3n) is 5.60. The summed E-state index contributed by atoms with van der Waals surface area (Å²) >= 11 is 0. The van der Waals surface area contributed by atoms with Gasteiger partial charge in [0, 0.05) is 40.5 Å². The molecule has 4 bridgehead atoms. The average Bonchev–Trinajstić information content (AvgIpc) is 3.28. The van der Waals surface area contributed by atoms with Gasteiger partial charge in [0.05, 0.1) is 12.2 Å². The van der Waals surface area contributed by atoms with E-state index in [2.05, 4.69) is 16.9 Å². The number of fused-ring (bicyclic) bond motifs is 4. The Morgan fingerprint density at radius 2 is 2.03 bits per heavy atom. The van der Waals surface area contributed by atoms with Crippen molar-refractivity contribution in [3.05, 3.63) is 23.9 Å². The Labute approximate surface area is 175 Å². The number of pyridine rings is 1. The van der Waals surface area contributed by atoms with E-state index in [1.54, 1.807) is 20.2 Å². The molecule has 1 fully saturated rings. The Morgan fingerprint density at radius 1 is 1.30 bits per heavy atom. The molecule has 2 aromatic heterocycles. The van der Waals surface area contributed by atoms with Crippen LogP contribution in [0.2, 0.25) is 0 Å². The molecule has 2 aliphatic rings. The molecule has 30 heavy (non-hydrogen) atoms. The number of imidazole rings is 1. The van der Waals surface area contributed by atoms with Crippen LogP contribution in [0.4, 0.5) is 11.6 Å². The molecule has 0 spiro atoms. The van der Waals surface area contributed by atoms with Gasteiger partial charge in [-0.15, -0.1) is 0 Å². The summed E-state index contributed by atoms with van der Waals surface area (Å²) in [4.78, 5) is 23.3. The van der Waals surface area contributed by atoms with E-state index in [0.717, 1.165) is 17.3 Å². The summed E-state index contributed by atoms with van der Waals surface area (Å²) in [6, 6.07) is 2.96. The lowest BCUT2D eigenvalue weighted by Gasteiger charge is -2.26. The molecule has 1 aliphatic carbocycles. The molecule has 162 valence electrons. The second-order valence-electron chi connectivity index (χ2n) is 7.82. The van der Waals surface area contributed by atoms with Gasteiger partial charge >= 0.3 is 12.0 Å². The maximum absolute atomic E-state index is 13.0. The van der Waals surface area contributed by atoms with Crippen LogP contribution in [0.1, 0.15) is 23.7 Å². The Bertz CT molecular complexity index is 1080. The minimum Gasteiger partial charge on any atom is -0.388 e. The van der Waals surface area contributed by atoms with Crippen LogP contribution in [0.3, 0.4) is 0 Å². The molecule has 2 unspecified atom stereocenters. The van der Waals surface area contributed by atoms with E-state index in [4.69, 9.17) is 9.47 Å². The van der Waals surface area contributed by atoms with Crippen molar-refractivity contribution in [1.82, 2.24) is 14.5 Å². The third kappa shape index (κ3) is 3.74. The number of anilines is 2. The predicted octanol–water partition coefficient (Wildman–Crippen LogP) is 1.28. The fourth-order valence-corrected chi connectivity index (χ4v) is 4.53. The van der Waals surface area contributed by atoms with Gasteiger partial charge in [-0.1, -0.05) is 6.92 Å². The Balaban J connectivity index is 1.79. The highest BCUT2D eigenvalue weighted by Gasteiger charge is 2.35. The quantitative estimate of drug-likeness (QED) is 0.625. The number of methoxy groups -OCH3 is 1. The zero-order valence-electron chi connectivity index (χ0n) is 17.4. The molecule has 0 amide bonds. The summed E-state index contributed by atoms with van der Waals surface area (Å²) in [6.45, 7) is 4.00. The van der Waals surface area contributed by atoms with Crippen LogP contribution < -0.4 is 13.9 Å². The van der Waals surface area contributed by atoms with E-state index in [1.807, 2.05) is 4.90 Å². The number of aromatic nitrogens is 3. The van der Waals surface area contributed by atoms with E-state index < -0.39 is 16.0 Å². The minimum absolute atomic E-state index is 0.0863. The Hall–Kier alpha value is -2.66. The van der Waals surface area contributed by atoms with E-state index in [9.17, 15) is 13.2 Å². The summed E-state index contributed by atoms with van der Waals surface area (Å²) in [5.41, 5.74) is 0.203. The lowest BCUT2D eigenvalue weighted by Crippen LogP contribution is -2.33. The molecule has 11 heteroatoms. The minimum atomic E-state index is -3.97. The largest absolute Gasteiger partial charge is 0.388 e. The summed E-state index contributed by atoms with van der Waals surface area (Å²) in [5.74, 6) is 1.17. The van der Waals surface area contributed by atoms with Crippen LogP contribution in [0.5, 0.6) is 6.01 Å². The van der Waals surface area contributed by atoms with Gasteiger partial charge in [-0.05, 0) is 30.4 Å². The van der Waals surface area contributed by atoms with Crippen molar-refractivity contribution in [1.29, 1.82) is 0 Å². The van der Waals surface area contributed by atoms with Crippen molar-refractivity contribution in [3.8, 4) is 6.01 Å². The molecular formula is C19H25N5O5S. The second-order valence-corrected chi connectivity index (χ2v) is 9.73. The van der Waals surface area contributed by atoms with Crippen LogP contribution >= 0.6 is 0 Å². The van der Waals surface area contributed by atoms with E-state index in [1.165, 1.54) is 23.9 Å². The van der Waals surface area contributed by atoms with Crippen molar-refractivity contribution in [3.63, 3.8) is 0 Å². The van der Waals surface area contributed by atoms with Gasteiger partial charge in [0.2, 0.25) is 0 Å². The molecule has 3 heterocycles. The normalized spacial score (nSPS) is 21.9. The zero-order chi connectivity index (χ0) is 21.6. The van der Waals surface area contributed by atoms with E-state index >= 15 is 0 Å². The molecule has 0 saturated heterocycles. The summed E-state index contributed by atoms with van der Waals surface area (Å²) in [6.07, 6.45) is 2.44. The molecule has 2 aromatic rings. The summed E-state index contributed by atoms with van der Waals surface area (Å²) in [5, 5.41) is -0.214. The van der Waals surface area contributed by atoms with E-state index in [0.29, 0.717) is 30.8 Å². The molecule has 1 aliphatic heterocycles. The predicted molar refractivity (Wildman–Crippen MR) is 109 cm³/mol. The van der Waals surface area contributed by atoms with Gasteiger partial charge in [-0.3, -0.25) is 4.31 Å². The number of sulfonamides is 1. The molecule has 2 atom stereocenters. The first kappa shape index (κ1) is 20.6. The topological polar surface area (TPSA) is 107 Å². The summed E-state index contributed by atoms with van der Waals surface area (Å²) < 4.78 is 39.1. The van der Waals surface area contributed by atoms with Gasteiger partial charge in [-0.2, -0.15) is 13.4 Å². The van der Waals surface area contributed by atoms with Gasteiger partial charge in [0.1, 0.15) is 11.6 Å². The van der Waals surface area contributed by atoms with E-state index in [-0.39, 0.29) is 22.4 Å². The summed E-state index contributed by atoms with van der Waals surface area (Å²) in [7, 11) is 0.616. The molecule has 1 saturated carbocycles.